The number of aryl methyl sites for hydroxylation is 2. The molecule has 0 spiro atoms. The summed E-state index contributed by atoms with van der Waals surface area (Å²) in [6.45, 7) is 3.41. The summed E-state index contributed by atoms with van der Waals surface area (Å²) in [5, 5.41) is 0.00538. The first kappa shape index (κ1) is 15.4. The van der Waals surface area contributed by atoms with E-state index in [0.717, 1.165) is 41.1 Å². The van der Waals surface area contributed by atoms with Crippen molar-refractivity contribution in [3.8, 4) is 0 Å². The number of carbonyl (C=O) groups is 1. The summed E-state index contributed by atoms with van der Waals surface area (Å²) in [6.07, 6.45) is 3.89. The average molecular weight is 316 g/mol. The van der Waals surface area contributed by atoms with Gasteiger partial charge in [-0.3, -0.25) is 4.79 Å². The van der Waals surface area contributed by atoms with Crippen LogP contribution in [0.3, 0.4) is 0 Å². The zero-order chi connectivity index (χ0) is 15.1. The minimum absolute atomic E-state index is 0.0401. The minimum atomic E-state index is -3.36. The Labute approximate surface area is 123 Å². The predicted octanol–water partition coefficient (Wildman–Crippen LogP) is 1.72. The fraction of sp³-hybridized carbons (Fsp3) is 0.692. The van der Waals surface area contributed by atoms with E-state index < -0.39 is 15.1 Å². The van der Waals surface area contributed by atoms with Gasteiger partial charge in [-0.15, -0.1) is 11.3 Å². The van der Waals surface area contributed by atoms with E-state index in [9.17, 15) is 13.2 Å². The zero-order valence-electron chi connectivity index (χ0n) is 12.2. The Bertz CT molecular complexity index is 622. The van der Waals surface area contributed by atoms with E-state index in [1.807, 2.05) is 6.92 Å². The van der Waals surface area contributed by atoms with Crippen LogP contribution < -0.4 is 0 Å². The summed E-state index contributed by atoms with van der Waals surface area (Å²) in [6, 6.07) is -0.0401. The molecule has 0 radical (unpaired) electrons. The molecule has 0 N–H and O–H groups in total. The molecule has 7 heteroatoms. The van der Waals surface area contributed by atoms with E-state index in [2.05, 4.69) is 4.98 Å². The van der Waals surface area contributed by atoms with Crippen LogP contribution in [0.25, 0.3) is 0 Å². The second-order valence-corrected chi connectivity index (χ2v) is 8.97. The Morgan fingerprint density at radius 3 is 2.75 bits per heavy atom. The number of thiazole rings is 1. The van der Waals surface area contributed by atoms with Crippen molar-refractivity contribution in [2.75, 3.05) is 13.3 Å². The Balaban J connectivity index is 2.26. The van der Waals surface area contributed by atoms with Gasteiger partial charge >= 0.3 is 0 Å². The zero-order valence-corrected chi connectivity index (χ0v) is 13.8. The number of nitrogens with zero attached hydrogens (tertiary/aromatic N) is 2. The van der Waals surface area contributed by atoms with Crippen LogP contribution in [0.4, 0.5) is 0 Å². The van der Waals surface area contributed by atoms with Crippen molar-refractivity contribution in [3.05, 3.63) is 15.6 Å². The Kier molecular flexibility index (Phi) is 4.20. The van der Waals surface area contributed by atoms with Gasteiger partial charge in [0.2, 0.25) is 5.91 Å². The molecule has 0 bridgehead atoms. The quantitative estimate of drug-likeness (QED) is 0.851. The molecule has 2 atom stereocenters. The van der Waals surface area contributed by atoms with Crippen LogP contribution >= 0.6 is 11.3 Å². The van der Waals surface area contributed by atoms with Gasteiger partial charge in [0.05, 0.1) is 21.6 Å². The van der Waals surface area contributed by atoms with E-state index in [1.165, 1.54) is 6.92 Å². The van der Waals surface area contributed by atoms with Crippen molar-refractivity contribution >= 4 is 27.1 Å². The molecule has 2 rings (SSSR count). The molecule has 1 aliphatic rings. The molecule has 5 nitrogen and oxygen atoms in total. The lowest BCUT2D eigenvalue weighted by Gasteiger charge is -2.32. The summed E-state index contributed by atoms with van der Waals surface area (Å²) in [5.41, 5.74) is 1.07. The monoisotopic (exact) mass is 316 g/mol. The van der Waals surface area contributed by atoms with Crippen LogP contribution in [0, 0.1) is 6.92 Å². The normalized spacial score (nSPS) is 20.3. The van der Waals surface area contributed by atoms with Crippen LogP contribution in [-0.2, 0) is 21.1 Å². The predicted molar refractivity (Wildman–Crippen MR) is 79.6 cm³/mol. The van der Waals surface area contributed by atoms with Crippen LogP contribution in [0.1, 0.15) is 41.4 Å². The highest BCUT2D eigenvalue weighted by Gasteiger charge is 2.34. The molecular formula is C13H20N2O3S2. The molecular weight excluding hydrogens is 296 g/mol. The van der Waals surface area contributed by atoms with Gasteiger partial charge in [-0.1, -0.05) is 0 Å². The number of hydrogen-bond acceptors (Lipinski definition) is 5. The van der Waals surface area contributed by atoms with Crippen molar-refractivity contribution in [2.24, 2.45) is 0 Å². The topological polar surface area (TPSA) is 67.3 Å². The molecule has 1 aromatic rings. The maximum Gasteiger partial charge on any atom is 0.240 e. The van der Waals surface area contributed by atoms with E-state index in [4.69, 9.17) is 0 Å². The lowest BCUT2D eigenvalue weighted by atomic mass is 9.97. The van der Waals surface area contributed by atoms with Gasteiger partial charge in [-0.25, -0.2) is 13.4 Å². The van der Waals surface area contributed by atoms with Gasteiger partial charge in [0.15, 0.2) is 9.84 Å². The number of fused-ring (bicyclic) bond motifs is 1. The standard InChI is InChI=1S/C13H20N2O3S2/c1-8(20(4,17)18)13(16)15(3)11-7-5-6-10-12(11)19-9(2)14-10/h8,11H,5-7H2,1-4H3/t8-,11-/m1/s1. The summed E-state index contributed by atoms with van der Waals surface area (Å²) in [4.78, 5) is 19.5. The van der Waals surface area contributed by atoms with Gasteiger partial charge < -0.3 is 4.90 Å². The SMILES string of the molecule is Cc1nc2c(s1)[C@H](N(C)C(=O)[C@@H](C)S(C)(=O)=O)CCC2. The second-order valence-electron chi connectivity index (χ2n) is 5.37. The molecule has 0 aliphatic heterocycles. The molecule has 20 heavy (non-hydrogen) atoms. The number of rotatable bonds is 3. The molecule has 0 fully saturated rings. The van der Waals surface area contributed by atoms with Crippen molar-refractivity contribution in [3.63, 3.8) is 0 Å². The van der Waals surface area contributed by atoms with Crippen LogP contribution in [0.15, 0.2) is 0 Å². The lowest BCUT2D eigenvalue weighted by molar-refractivity contribution is -0.131. The summed E-state index contributed by atoms with van der Waals surface area (Å²) < 4.78 is 23.1. The highest BCUT2D eigenvalue weighted by molar-refractivity contribution is 7.92. The van der Waals surface area contributed by atoms with E-state index in [-0.39, 0.29) is 11.9 Å². The molecule has 0 saturated carbocycles. The van der Waals surface area contributed by atoms with Crippen LogP contribution in [0.2, 0.25) is 0 Å². The smallest absolute Gasteiger partial charge is 0.240 e. The number of sulfone groups is 1. The van der Waals surface area contributed by atoms with Crippen molar-refractivity contribution in [1.82, 2.24) is 9.88 Å². The number of amides is 1. The highest BCUT2D eigenvalue weighted by atomic mass is 32.2. The largest absolute Gasteiger partial charge is 0.337 e. The summed E-state index contributed by atoms with van der Waals surface area (Å²) in [7, 11) is -1.67. The van der Waals surface area contributed by atoms with Gasteiger partial charge in [0.25, 0.3) is 0 Å². The highest BCUT2D eigenvalue weighted by Crippen LogP contribution is 2.37. The molecule has 112 valence electrons. The lowest BCUT2D eigenvalue weighted by Crippen LogP contribution is -2.41. The first-order chi connectivity index (χ1) is 9.21. The van der Waals surface area contributed by atoms with Crippen molar-refractivity contribution in [2.45, 2.75) is 44.4 Å². The summed E-state index contributed by atoms with van der Waals surface area (Å²) in [5.74, 6) is -0.337. The maximum atomic E-state index is 12.3. The van der Waals surface area contributed by atoms with E-state index in [0.29, 0.717) is 0 Å². The van der Waals surface area contributed by atoms with E-state index in [1.54, 1.807) is 23.3 Å². The third-order valence-electron chi connectivity index (χ3n) is 3.83. The molecule has 1 aromatic heterocycles. The van der Waals surface area contributed by atoms with Gasteiger partial charge in [0.1, 0.15) is 5.25 Å². The molecule has 1 heterocycles. The molecule has 1 aliphatic carbocycles. The number of hydrogen-bond donors (Lipinski definition) is 0. The Morgan fingerprint density at radius 1 is 1.50 bits per heavy atom. The van der Waals surface area contributed by atoms with Crippen LogP contribution in [0.5, 0.6) is 0 Å². The van der Waals surface area contributed by atoms with Gasteiger partial charge in [-0.05, 0) is 33.1 Å². The van der Waals surface area contributed by atoms with Gasteiger partial charge in [-0.2, -0.15) is 0 Å². The first-order valence-electron chi connectivity index (χ1n) is 6.63. The Hall–Kier alpha value is -0.950. The van der Waals surface area contributed by atoms with Crippen molar-refractivity contribution in [1.29, 1.82) is 0 Å². The third-order valence-corrected chi connectivity index (χ3v) is 6.43. The van der Waals surface area contributed by atoms with Gasteiger partial charge in [0, 0.05) is 13.3 Å². The fourth-order valence-corrected chi connectivity index (χ4v) is 4.20. The first-order valence-corrected chi connectivity index (χ1v) is 9.40. The number of aromatic nitrogens is 1. The van der Waals surface area contributed by atoms with E-state index >= 15 is 0 Å². The molecule has 0 unspecified atom stereocenters. The minimum Gasteiger partial charge on any atom is -0.337 e. The maximum absolute atomic E-state index is 12.3. The Morgan fingerprint density at radius 2 is 2.15 bits per heavy atom. The molecule has 1 amide bonds. The number of carbonyl (C=O) groups excluding carboxylic acids is 1. The fourth-order valence-electron chi connectivity index (χ4n) is 2.51. The third kappa shape index (κ3) is 2.88. The summed E-state index contributed by atoms with van der Waals surface area (Å²) >= 11 is 1.61. The second kappa shape index (κ2) is 5.44. The molecule has 0 saturated heterocycles. The van der Waals surface area contributed by atoms with Crippen LogP contribution in [-0.4, -0.2) is 42.8 Å². The van der Waals surface area contributed by atoms with Crippen molar-refractivity contribution < 1.29 is 13.2 Å². The molecule has 0 aromatic carbocycles. The average Bonchev–Trinajstić information content (AvgIpc) is 2.74.